The Morgan fingerprint density at radius 2 is 1.78 bits per heavy atom. The number of halogens is 1. The molecule has 0 unspecified atom stereocenters. The van der Waals surface area contributed by atoms with Gasteiger partial charge in [0.2, 0.25) is 5.91 Å². The van der Waals surface area contributed by atoms with Crippen molar-refractivity contribution in [2.45, 2.75) is 31.6 Å². The van der Waals surface area contributed by atoms with Crippen molar-refractivity contribution < 1.29 is 18.7 Å². The van der Waals surface area contributed by atoms with E-state index in [4.69, 9.17) is 10.5 Å². The van der Waals surface area contributed by atoms with Crippen molar-refractivity contribution >= 4 is 17.5 Å². The smallest absolute Gasteiger partial charge is 0.255 e. The Morgan fingerprint density at radius 3 is 2.41 bits per heavy atom. The monoisotopic (exact) mass is 371 g/mol. The molecule has 1 saturated heterocycles. The summed E-state index contributed by atoms with van der Waals surface area (Å²) in [5.74, 6) is -0.844. The molecule has 2 aromatic carbocycles. The molecule has 0 saturated carbocycles. The zero-order valence-corrected chi connectivity index (χ0v) is 14.8. The van der Waals surface area contributed by atoms with E-state index in [2.05, 4.69) is 10.6 Å². The highest BCUT2D eigenvalue weighted by molar-refractivity contribution is 6.04. The van der Waals surface area contributed by atoms with Crippen LogP contribution in [0.3, 0.4) is 0 Å². The van der Waals surface area contributed by atoms with Crippen molar-refractivity contribution in [3.05, 3.63) is 65.5 Å². The van der Waals surface area contributed by atoms with Crippen LogP contribution in [0, 0.1) is 5.82 Å². The lowest BCUT2D eigenvalue weighted by Gasteiger charge is -2.13. The summed E-state index contributed by atoms with van der Waals surface area (Å²) in [6.07, 6.45) is 1.01. The number of amides is 2. The van der Waals surface area contributed by atoms with E-state index in [1.54, 1.807) is 12.1 Å². The standard InChI is InChI=1S/C20H22FN3O3/c21-15-5-3-14(4-6-15)19(25)24-16-7-1-13(2-8-16)12-23-20(26)18-10-9-17(11-22)27-18/h1-8,17-18H,9-12,22H2,(H,23,26)(H,24,25)/t17-,18+/m1/s1. The number of rotatable bonds is 6. The molecule has 0 bridgehead atoms. The Balaban J connectivity index is 1.49. The first-order valence-electron chi connectivity index (χ1n) is 8.84. The minimum absolute atomic E-state index is 0.0373. The number of nitrogens with two attached hydrogens (primary N) is 1. The number of carbonyl (C=O) groups excluding carboxylic acids is 2. The third-order valence-corrected chi connectivity index (χ3v) is 4.45. The average Bonchev–Trinajstić information content (AvgIpc) is 3.17. The maximum absolute atomic E-state index is 12.9. The Hall–Kier alpha value is -2.77. The number of benzene rings is 2. The highest BCUT2D eigenvalue weighted by Crippen LogP contribution is 2.19. The second kappa shape index (κ2) is 8.75. The molecule has 1 aliphatic heterocycles. The van der Waals surface area contributed by atoms with Gasteiger partial charge in [0.1, 0.15) is 11.9 Å². The van der Waals surface area contributed by atoms with Crippen LogP contribution in [-0.4, -0.2) is 30.6 Å². The minimum Gasteiger partial charge on any atom is -0.364 e. The molecule has 3 rings (SSSR count). The first kappa shape index (κ1) is 19.0. The van der Waals surface area contributed by atoms with E-state index in [-0.39, 0.29) is 23.7 Å². The van der Waals surface area contributed by atoms with Gasteiger partial charge in [-0.2, -0.15) is 0 Å². The summed E-state index contributed by atoms with van der Waals surface area (Å²) in [5, 5.41) is 5.59. The van der Waals surface area contributed by atoms with Gasteiger partial charge in [-0.15, -0.1) is 0 Å². The van der Waals surface area contributed by atoms with Gasteiger partial charge in [0.25, 0.3) is 5.91 Å². The molecule has 142 valence electrons. The highest BCUT2D eigenvalue weighted by Gasteiger charge is 2.29. The van der Waals surface area contributed by atoms with Crippen LogP contribution >= 0.6 is 0 Å². The minimum atomic E-state index is -0.437. The van der Waals surface area contributed by atoms with Gasteiger partial charge in [0.05, 0.1) is 6.10 Å². The molecule has 2 amide bonds. The number of ether oxygens (including phenoxy) is 1. The third-order valence-electron chi connectivity index (χ3n) is 4.45. The van der Waals surface area contributed by atoms with Crippen LogP contribution < -0.4 is 16.4 Å². The maximum Gasteiger partial charge on any atom is 0.255 e. The van der Waals surface area contributed by atoms with E-state index in [1.165, 1.54) is 24.3 Å². The van der Waals surface area contributed by atoms with Crippen molar-refractivity contribution in [2.24, 2.45) is 5.73 Å². The molecule has 2 aromatic rings. The molecule has 0 spiro atoms. The SMILES string of the molecule is NC[C@H]1CC[C@@H](C(=O)NCc2ccc(NC(=O)c3ccc(F)cc3)cc2)O1. The molecule has 4 N–H and O–H groups in total. The number of carbonyl (C=O) groups is 2. The molecule has 1 aliphatic rings. The predicted octanol–water partition coefficient (Wildman–Crippen LogP) is 2.20. The number of hydrogen-bond acceptors (Lipinski definition) is 4. The van der Waals surface area contributed by atoms with E-state index < -0.39 is 6.10 Å². The summed E-state index contributed by atoms with van der Waals surface area (Å²) in [5.41, 5.74) is 7.44. The van der Waals surface area contributed by atoms with Gasteiger partial charge >= 0.3 is 0 Å². The molecule has 7 heteroatoms. The predicted molar refractivity (Wildman–Crippen MR) is 99.6 cm³/mol. The second-order valence-electron chi connectivity index (χ2n) is 6.44. The summed E-state index contributed by atoms with van der Waals surface area (Å²) in [6, 6.07) is 12.5. The zero-order chi connectivity index (χ0) is 19.2. The average molecular weight is 371 g/mol. The van der Waals surface area contributed by atoms with Crippen LogP contribution in [0.2, 0.25) is 0 Å². The number of nitrogens with one attached hydrogen (secondary N) is 2. The lowest BCUT2D eigenvalue weighted by molar-refractivity contribution is -0.132. The van der Waals surface area contributed by atoms with Crippen LogP contribution in [0.5, 0.6) is 0 Å². The fraction of sp³-hybridized carbons (Fsp3) is 0.300. The van der Waals surface area contributed by atoms with Crippen molar-refractivity contribution in [1.82, 2.24) is 5.32 Å². The van der Waals surface area contributed by atoms with Crippen LogP contribution in [0.1, 0.15) is 28.8 Å². The molecule has 2 atom stereocenters. The molecule has 0 aromatic heterocycles. The van der Waals surface area contributed by atoms with Gasteiger partial charge in [-0.05, 0) is 54.8 Å². The molecule has 27 heavy (non-hydrogen) atoms. The lowest BCUT2D eigenvalue weighted by atomic mass is 10.1. The van der Waals surface area contributed by atoms with Crippen molar-refractivity contribution in [1.29, 1.82) is 0 Å². The van der Waals surface area contributed by atoms with Gasteiger partial charge < -0.3 is 21.1 Å². The van der Waals surface area contributed by atoms with Crippen LogP contribution in [0.25, 0.3) is 0 Å². The summed E-state index contributed by atoms with van der Waals surface area (Å²) < 4.78 is 18.5. The van der Waals surface area contributed by atoms with Crippen molar-refractivity contribution in [3.63, 3.8) is 0 Å². The van der Waals surface area contributed by atoms with E-state index >= 15 is 0 Å². The first-order valence-corrected chi connectivity index (χ1v) is 8.84. The van der Waals surface area contributed by atoms with E-state index in [0.29, 0.717) is 30.8 Å². The van der Waals surface area contributed by atoms with E-state index in [0.717, 1.165) is 12.0 Å². The lowest BCUT2D eigenvalue weighted by Crippen LogP contribution is -2.35. The van der Waals surface area contributed by atoms with Crippen LogP contribution in [0.4, 0.5) is 10.1 Å². The Bertz CT molecular complexity index is 793. The van der Waals surface area contributed by atoms with Crippen molar-refractivity contribution in [3.8, 4) is 0 Å². The quantitative estimate of drug-likeness (QED) is 0.726. The fourth-order valence-corrected chi connectivity index (χ4v) is 2.89. The second-order valence-corrected chi connectivity index (χ2v) is 6.44. The summed E-state index contributed by atoms with van der Waals surface area (Å²) in [4.78, 5) is 24.2. The largest absolute Gasteiger partial charge is 0.364 e. The summed E-state index contributed by atoms with van der Waals surface area (Å²) >= 11 is 0. The maximum atomic E-state index is 12.9. The Kier molecular flexibility index (Phi) is 6.16. The molecule has 0 aliphatic carbocycles. The van der Waals surface area contributed by atoms with Crippen molar-refractivity contribution in [2.75, 3.05) is 11.9 Å². The fourth-order valence-electron chi connectivity index (χ4n) is 2.89. The number of hydrogen-bond donors (Lipinski definition) is 3. The molecule has 0 radical (unpaired) electrons. The van der Waals surface area contributed by atoms with E-state index in [9.17, 15) is 14.0 Å². The first-order chi connectivity index (χ1) is 13.0. The molecular weight excluding hydrogens is 349 g/mol. The van der Waals surface area contributed by atoms with E-state index in [1.807, 2.05) is 12.1 Å². The molecular formula is C20H22FN3O3. The Morgan fingerprint density at radius 1 is 1.07 bits per heavy atom. The topological polar surface area (TPSA) is 93.5 Å². The van der Waals surface area contributed by atoms with Gasteiger partial charge in [0, 0.05) is 24.3 Å². The number of anilines is 1. The molecule has 6 nitrogen and oxygen atoms in total. The Labute approximate surface area is 156 Å². The highest BCUT2D eigenvalue weighted by atomic mass is 19.1. The van der Waals surface area contributed by atoms with Gasteiger partial charge in [0.15, 0.2) is 0 Å². The van der Waals surface area contributed by atoms with Gasteiger partial charge in [-0.3, -0.25) is 9.59 Å². The normalized spacial score (nSPS) is 18.9. The van der Waals surface area contributed by atoms with Gasteiger partial charge in [-0.1, -0.05) is 12.1 Å². The molecule has 1 heterocycles. The zero-order valence-electron chi connectivity index (χ0n) is 14.8. The van der Waals surface area contributed by atoms with Crippen LogP contribution in [0.15, 0.2) is 48.5 Å². The van der Waals surface area contributed by atoms with Crippen LogP contribution in [-0.2, 0) is 16.1 Å². The van der Waals surface area contributed by atoms with Gasteiger partial charge in [-0.25, -0.2) is 4.39 Å². The third kappa shape index (κ3) is 5.12. The summed E-state index contributed by atoms with van der Waals surface area (Å²) in [7, 11) is 0. The molecule has 1 fully saturated rings. The summed E-state index contributed by atoms with van der Waals surface area (Å²) in [6.45, 7) is 0.799.